The molecule has 0 bridgehead atoms. The highest BCUT2D eigenvalue weighted by Crippen LogP contribution is 2.29. The molecule has 21 N–H and O–H groups in total. The third kappa shape index (κ3) is 28.4. The number of phenols is 1. The number of nitrogens with zero attached hydrogens (tertiary/aromatic N) is 6. The monoisotopic (exact) mass is 1840 g/mol. The number of likely N-dealkylation sites (N-methyl/N-ethyl adjacent to an activating group) is 4. The number of carbonyl (C=O) groups is 17. The van der Waals surface area contributed by atoms with Crippen LogP contribution in [0.5, 0.6) is 5.75 Å². The number of fused-ring (bicyclic) bond motifs is 4. The molecule has 17 amide bonds. The van der Waals surface area contributed by atoms with Crippen LogP contribution in [0.4, 0.5) is 0 Å². The number of primary amides is 2. The van der Waals surface area contributed by atoms with Gasteiger partial charge in [-0.2, -0.15) is 0 Å². The summed E-state index contributed by atoms with van der Waals surface area (Å²) in [5.41, 5.74) is 26.5. The van der Waals surface area contributed by atoms with Crippen LogP contribution >= 0.6 is 11.8 Å². The second kappa shape index (κ2) is 49.1. The van der Waals surface area contributed by atoms with Crippen molar-refractivity contribution in [1.82, 2.24) is 87.2 Å². The lowest BCUT2D eigenvalue weighted by atomic mass is 9.98. The summed E-state index contributed by atoms with van der Waals surface area (Å²) >= 11 is 0.803. The summed E-state index contributed by atoms with van der Waals surface area (Å²) in [7, 11) is 5.42. The molecule has 1 unspecified atom stereocenters. The Morgan fingerprint density at radius 1 is 0.511 bits per heavy atom. The number of H-pyrrole nitrogens is 2. The van der Waals surface area contributed by atoms with E-state index in [4.69, 9.17) is 22.9 Å². The van der Waals surface area contributed by atoms with E-state index in [1.54, 1.807) is 70.4 Å². The highest BCUT2D eigenvalue weighted by Gasteiger charge is 2.47. The second-order valence-corrected chi connectivity index (χ2v) is 35.9. The van der Waals surface area contributed by atoms with Gasteiger partial charge in [-0.25, -0.2) is 0 Å². The molecule has 2 aromatic heterocycles. The van der Waals surface area contributed by atoms with Gasteiger partial charge in [-0.3, -0.25) is 81.5 Å². The summed E-state index contributed by atoms with van der Waals surface area (Å²) in [6.45, 7) is 10.1. The van der Waals surface area contributed by atoms with Crippen LogP contribution in [-0.2, 0) is 101 Å². The van der Waals surface area contributed by atoms with Crippen molar-refractivity contribution in [3.8, 4) is 5.75 Å². The summed E-state index contributed by atoms with van der Waals surface area (Å²) in [5, 5.41) is 46.9. The molecule has 0 aliphatic carbocycles. The zero-order valence-electron chi connectivity index (χ0n) is 76.4. The van der Waals surface area contributed by atoms with Gasteiger partial charge < -0.3 is 120 Å². The van der Waals surface area contributed by atoms with Gasteiger partial charge in [-0.1, -0.05) is 116 Å². The number of amides is 17. The van der Waals surface area contributed by atoms with Crippen LogP contribution in [0.2, 0.25) is 0 Å². The zero-order chi connectivity index (χ0) is 96.4. The van der Waals surface area contributed by atoms with Crippen molar-refractivity contribution < 1.29 is 91.7 Å². The number of carbonyl (C=O) groups excluding carboxylic acids is 17. The van der Waals surface area contributed by atoms with E-state index in [0.717, 1.165) is 26.5 Å². The second-order valence-electron chi connectivity index (χ2n) is 34.9. The third-order valence-corrected chi connectivity index (χ3v) is 25.1. The number of thioether (sulfide) groups is 1. The smallest absolute Gasteiger partial charge is 0.246 e. The molecule has 0 saturated carbocycles. The summed E-state index contributed by atoms with van der Waals surface area (Å²) in [4.78, 5) is 263. The molecule has 0 radical (unpaired) electrons. The van der Waals surface area contributed by atoms with Gasteiger partial charge in [0.2, 0.25) is 100 Å². The molecule has 0 spiro atoms. The number of nitrogens with one attached hydrogen (secondary N) is 11. The number of aromatic nitrogens is 2. The first-order valence-electron chi connectivity index (χ1n) is 44.7. The fraction of sp³-hybridized carbons (Fsp3) is 0.567. The van der Waals surface area contributed by atoms with Gasteiger partial charge in [-0.15, -0.1) is 11.8 Å². The van der Waals surface area contributed by atoms with Gasteiger partial charge in [-0.05, 0) is 111 Å². The van der Waals surface area contributed by atoms with Crippen LogP contribution in [0, 0.1) is 11.8 Å². The van der Waals surface area contributed by atoms with Gasteiger partial charge in [0, 0.05) is 113 Å². The predicted octanol–water partition coefficient (Wildman–Crippen LogP) is -1.45. The van der Waals surface area contributed by atoms with Gasteiger partial charge in [0.05, 0.1) is 24.8 Å². The number of unbranched alkanes of at least 4 members (excludes halogenated alkanes) is 2. The Morgan fingerprint density at radius 3 is 1.62 bits per heavy atom. The van der Waals surface area contributed by atoms with Gasteiger partial charge >= 0.3 is 0 Å². The van der Waals surface area contributed by atoms with Crippen LogP contribution in [0.1, 0.15) is 149 Å². The van der Waals surface area contributed by atoms with E-state index in [2.05, 4.69) is 57.8 Å². The van der Waals surface area contributed by atoms with E-state index in [-0.39, 0.29) is 107 Å². The molecule has 5 heterocycles. The third-order valence-electron chi connectivity index (χ3n) is 24.0. The molecule has 3 aliphatic heterocycles. The fourth-order valence-electron chi connectivity index (χ4n) is 16.6. The van der Waals surface area contributed by atoms with Crippen LogP contribution in [0.3, 0.4) is 0 Å². The van der Waals surface area contributed by atoms with Crippen molar-refractivity contribution in [3.05, 3.63) is 102 Å². The average Bonchev–Trinajstić information content (AvgIpc) is 1.59. The van der Waals surface area contributed by atoms with Crippen molar-refractivity contribution in [1.29, 1.82) is 0 Å². The number of nitrogens with two attached hydrogens (primary N) is 4. The maximum atomic E-state index is 16.0. The Hall–Kier alpha value is -12.2. The topological polar surface area (TPSA) is 594 Å². The number of aromatic amines is 2. The average molecular weight is 1840 g/mol. The maximum Gasteiger partial charge on any atom is 0.246 e. The maximum absolute atomic E-state index is 16.0. The lowest BCUT2D eigenvalue weighted by Crippen LogP contribution is -2.62. The SMILES string of the molecule is CCCC[C@H]1C(=O)N[C@@H](CC(C)C)C(=O)N[C@H](C(=O)NCC(N)=O)CSCC(=O)N[C@@H](Cc2ccc(O)cc2)C(=O)N(C)[C@@H](C)C(=O)N[C@@H](CC(N)=O)C(=O)N2CCCC2C(=O)N[C@@H](CN)C(=O)N[C@@H](CC(C)C)C(=O)N2C[C@H](O)C[C@H]2C(=O)N[C@@H](Cc2c[nH]c3ccccc23)C(=O)N[C@@H](CCN)C(=O)N(C)[C@@H](Cc2c[nH]c3ccccc23)C(=O)N(C)[C@@H](CCCC)C(=O)N1C. The fourth-order valence-corrected chi connectivity index (χ4v) is 17.5. The van der Waals surface area contributed by atoms with E-state index in [0.29, 0.717) is 64.2 Å². The van der Waals surface area contributed by atoms with E-state index < -0.39 is 223 Å². The minimum atomic E-state index is -1.76. The number of aromatic hydroxyl groups is 1. The molecule has 716 valence electrons. The highest BCUT2D eigenvalue weighted by molar-refractivity contribution is 8.00. The molecule has 40 nitrogen and oxygen atoms in total. The first kappa shape index (κ1) is 104. The molecular formula is C90H131N21O19S. The number of aliphatic hydroxyl groups is 1. The quantitative estimate of drug-likeness (QED) is 0.0336. The normalized spacial score (nSPS) is 25.4. The summed E-state index contributed by atoms with van der Waals surface area (Å²) in [5.74, 6) is -16.8. The summed E-state index contributed by atoms with van der Waals surface area (Å²) in [6.07, 6.45) is 1.94. The Morgan fingerprint density at radius 2 is 1.02 bits per heavy atom. The molecule has 3 fully saturated rings. The zero-order valence-corrected chi connectivity index (χ0v) is 77.2. The van der Waals surface area contributed by atoms with Crippen LogP contribution in [0.15, 0.2) is 85.2 Å². The minimum Gasteiger partial charge on any atom is -0.508 e. The number of hydrogen-bond acceptors (Lipinski definition) is 22. The first-order chi connectivity index (χ1) is 62.2. The van der Waals surface area contributed by atoms with Crippen molar-refractivity contribution in [2.24, 2.45) is 34.8 Å². The van der Waals surface area contributed by atoms with Crippen LogP contribution in [-0.4, -0.2) is 313 Å². The first-order valence-corrected chi connectivity index (χ1v) is 45.8. The number of aliphatic hydroxyl groups excluding tert-OH is 1. The Balaban J connectivity index is 1.19. The van der Waals surface area contributed by atoms with Gasteiger partial charge in [0.15, 0.2) is 0 Å². The lowest BCUT2D eigenvalue weighted by Gasteiger charge is -2.38. The standard InChI is InChI=1S/C90H131N21O19S/c1-12-14-25-69-82(122)100-62(35-49(3)4)79(119)105-68(78(118)97-45-75(94)115)47-131-48-76(116)98-65(37-52-28-30-55(112)31-29-52)86(126)106(8)51(7)77(117)102-66(41-74(93)114)87(127)110-34-20-27-70(110)83(123)104-67(42-92)81(121)103-64(36-50(5)6)88(128)111-46-56(113)40-72(111)84(124)101-63(38-53-43-95-59-23-18-16-21-57(53)59)80(120)99-61(32-33-91)85(125)109(11)73(39-54-44-96-60-24-19-17-22-58(54)60)90(130)108(10)71(26-15-13-2)89(129)107(69)9/h16-19,21-24,28-31,43-44,49-51,56,61-73,95-96,112-113H,12-15,20,25-27,32-42,45-48,91-92H2,1-11H3,(H2,93,114)(H2,94,115)(H,97,118)(H,98,116)(H,99,120)(H,100,122)(H,101,124)(H,102,117)(H,103,121)(H,104,123)(H,105,119)/t51-,56+,61-,62-,63-,64-,65-,66-,67-,68-,69-,70?,71-,72-,73-/m0/s1. The van der Waals surface area contributed by atoms with Crippen molar-refractivity contribution >= 4 is 134 Å². The molecule has 3 aliphatic rings. The van der Waals surface area contributed by atoms with Gasteiger partial charge in [0.1, 0.15) is 90.3 Å². The number of rotatable bonds is 24. The molecule has 3 saturated heterocycles. The largest absolute Gasteiger partial charge is 0.508 e. The van der Waals surface area contributed by atoms with Crippen molar-refractivity contribution in [2.75, 3.05) is 72.4 Å². The van der Waals surface area contributed by atoms with Gasteiger partial charge in [0.25, 0.3) is 0 Å². The summed E-state index contributed by atoms with van der Waals surface area (Å²) in [6, 6.07) is -0.784. The Bertz CT molecular complexity index is 4890. The van der Waals surface area contributed by atoms with E-state index in [9.17, 15) is 58.2 Å². The van der Waals surface area contributed by atoms with Crippen molar-refractivity contribution in [2.45, 2.75) is 242 Å². The highest BCUT2D eigenvalue weighted by atomic mass is 32.2. The molecule has 3 aromatic carbocycles. The lowest BCUT2D eigenvalue weighted by molar-refractivity contribution is -0.152. The van der Waals surface area contributed by atoms with E-state index in [1.165, 1.54) is 74.1 Å². The Kier molecular flexibility index (Phi) is 39.1. The molecule has 131 heavy (non-hydrogen) atoms. The molecule has 41 heteroatoms. The van der Waals surface area contributed by atoms with Crippen LogP contribution < -0.4 is 70.8 Å². The molecule has 5 aromatic rings. The van der Waals surface area contributed by atoms with E-state index in [1.807, 2.05) is 32.0 Å². The number of hydrogen-bond donors (Lipinski definition) is 17. The molecule has 15 atom stereocenters. The number of benzene rings is 3. The van der Waals surface area contributed by atoms with E-state index >= 15 is 33.6 Å². The van der Waals surface area contributed by atoms with Crippen LogP contribution in [0.25, 0.3) is 21.8 Å². The van der Waals surface area contributed by atoms with Crippen molar-refractivity contribution in [3.63, 3.8) is 0 Å². The predicted molar refractivity (Wildman–Crippen MR) is 488 cm³/mol. The Labute approximate surface area is 765 Å². The molecule has 8 rings (SSSR count). The number of para-hydroxylation sites is 2. The summed E-state index contributed by atoms with van der Waals surface area (Å²) < 4.78 is 0. The number of phenolic OH excluding ortho intramolecular Hbond substituents is 1. The molecular weight excluding hydrogens is 1710 g/mol. The minimum absolute atomic E-state index is 0.00343.